The van der Waals surface area contributed by atoms with Crippen molar-refractivity contribution in [1.82, 2.24) is 0 Å². The molecule has 0 fully saturated rings. The first-order valence-corrected chi connectivity index (χ1v) is 6.38. The summed E-state index contributed by atoms with van der Waals surface area (Å²) < 4.78 is 10.6. The van der Waals surface area contributed by atoms with Crippen LogP contribution in [0.25, 0.3) is 0 Å². The van der Waals surface area contributed by atoms with Gasteiger partial charge < -0.3 is 9.47 Å². The molecule has 0 aliphatic rings. The number of carbonyl (C=O) groups is 1. The van der Waals surface area contributed by atoms with Crippen LogP contribution in [0.15, 0.2) is 49.6 Å². The van der Waals surface area contributed by atoms with E-state index in [4.69, 9.17) is 9.47 Å². The highest BCUT2D eigenvalue weighted by molar-refractivity contribution is 5.81. The normalized spacial score (nSPS) is 9.68. The lowest BCUT2D eigenvalue weighted by atomic mass is 10.1. The van der Waals surface area contributed by atoms with Gasteiger partial charge in [0.1, 0.15) is 5.75 Å². The van der Waals surface area contributed by atoms with Gasteiger partial charge in [-0.05, 0) is 30.9 Å². The second kappa shape index (κ2) is 8.97. The SMILES string of the molecule is C=CCc1ccccc1OCCCCOC(=O)C=C. The minimum Gasteiger partial charge on any atom is -0.493 e. The molecule has 0 aliphatic heterocycles. The van der Waals surface area contributed by atoms with E-state index in [1.54, 1.807) is 0 Å². The molecule has 0 aliphatic carbocycles. The van der Waals surface area contributed by atoms with E-state index in [9.17, 15) is 4.79 Å². The van der Waals surface area contributed by atoms with E-state index in [0.717, 1.165) is 30.6 Å². The van der Waals surface area contributed by atoms with Gasteiger partial charge in [-0.3, -0.25) is 0 Å². The van der Waals surface area contributed by atoms with E-state index in [1.807, 2.05) is 30.3 Å². The lowest BCUT2D eigenvalue weighted by Gasteiger charge is -2.10. The Kier molecular flexibility index (Phi) is 7.10. The largest absolute Gasteiger partial charge is 0.493 e. The van der Waals surface area contributed by atoms with Crippen LogP contribution >= 0.6 is 0 Å². The molecule has 0 radical (unpaired) electrons. The molecule has 0 amide bonds. The molecule has 1 rings (SSSR count). The van der Waals surface area contributed by atoms with Crippen LogP contribution in [0, 0.1) is 0 Å². The number of allylic oxidation sites excluding steroid dienone is 1. The Bertz CT molecular complexity index is 424. The monoisotopic (exact) mass is 260 g/mol. The predicted octanol–water partition coefficient (Wildman–Crippen LogP) is 3.30. The minimum absolute atomic E-state index is 0.378. The quantitative estimate of drug-likeness (QED) is 0.296. The van der Waals surface area contributed by atoms with Crippen molar-refractivity contribution in [2.24, 2.45) is 0 Å². The van der Waals surface area contributed by atoms with Gasteiger partial charge in [-0.15, -0.1) is 6.58 Å². The minimum atomic E-state index is -0.378. The molecule has 1 aromatic carbocycles. The van der Waals surface area contributed by atoms with Crippen molar-refractivity contribution in [3.8, 4) is 5.75 Å². The maximum absolute atomic E-state index is 10.8. The standard InChI is InChI=1S/C16H20O3/c1-3-9-14-10-5-6-11-15(14)18-12-7-8-13-19-16(17)4-2/h3-6,10-11H,1-2,7-9,12-13H2. The second-order valence-corrected chi connectivity index (χ2v) is 4.03. The number of rotatable bonds is 9. The maximum atomic E-state index is 10.8. The Labute approximate surface area is 114 Å². The van der Waals surface area contributed by atoms with Crippen LogP contribution in [-0.2, 0) is 16.0 Å². The van der Waals surface area contributed by atoms with Gasteiger partial charge in [0, 0.05) is 6.08 Å². The van der Waals surface area contributed by atoms with Gasteiger partial charge >= 0.3 is 5.97 Å². The third-order valence-electron chi connectivity index (χ3n) is 2.54. The van der Waals surface area contributed by atoms with Crippen LogP contribution in [0.1, 0.15) is 18.4 Å². The molecule has 0 saturated carbocycles. The maximum Gasteiger partial charge on any atom is 0.330 e. The third kappa shape index (κ3) is 5.91. The van der Waals surface area contributed by atoms with Crippen LogP contribution in [0.2, 0.25) is 0 Å². The van der Waals surface area contributed by atoms with Gasteiger partial charge in [0.25, 0.3) is 0 Å². The summed E-state index contributed by atoms with van der Waals surface area (Å²) in [5.74, 6) is 0.516. The highest BCUT2D eigenvalue weighted by Crippen LogP contribution is 2.18. The van der Waals surface area contributed by atoms with E-state index in [0.29, 0.717) is 13.2 Å². The van der Waals surface area contributed by atoms with Crippen molar-refractivity contribution in [2.75, 3.05) is 13.2 Å². The fraction of sp³-hybridized carbons (Fsp3) is 0.312. The molecular formula is C16H20O3. The molecule has 0 N–H and O–H groups in total. The van der Waals surface area contributed by atoms with Crippen LogP contribution in [0.4, 0.5) is 0 Å². The smallest absolute Gasteiger partial charge is 0.330 e. The van der Waals surface area contributed by atoms with Gasteiger partial charge in [0.15, 0.2) is 0 Å². The van der Waals surface area contributed by atoms with Crippen LogP contribution in [-0.4, -0.2) is 19.2 Å². The van der Waals surface area contributed by atoms with Crippen molar-refractivity contribution in [3.05, 3.63) is 55.1 Å². The highest BCUT2D eigenvalue weighted by Gasteiger charge is 2.01. The number of hydrogen-bond donors (Lipinski definition) is 0. The van der Waals surface area contributed by atoms with Gasteiger partial charge in [-0.1, -0.05) is 30.9 Å². The molecule has 102 valence electrons. The van der Waals surface area contributed by atoms with Crippen molar-refractivity contribution < 1.29 is 14.3 Å². The molecule has 0 spiro atoms. The molecule has 1 aromatic rings. The second-order valence-electron chi connectivity index (χ2n) is 4.03. The van der Waals surface area contributed by atoms with E-state index >= 15 is 0 Å². The number of unbranched alkanes of at least 4 members (excludes halogenated alkanes) is 1. The lowest BCUT2D eigenvalue weighted by Crippen LogP contribution is -2.05. The number of para-hydroxylation sites is 1. The zero-order chi connectivity index (χ0) is 13.9. The Balaban J connectivity index is 2.24. The average molecular weight is 260 g/mol. The van der Waals surface area contributed by atoms with E-state index < -0.39 is 0 Å². The molecule has 0 aromatic heterocycles. The molecular weight excluding hydrogens is 240 g/mol. The number of ether oxygens (including phenoxy) is 2. The zero-order valence-electron chi connectivity index (χ0n) is 11.1. The Morgan fingerprint density at radius 1 is 1.16 bits per heavy atom. The van der Waals surface area contributed by atoms with Gasteiger partial charge in [-0.25, -0.2) is 4.79 Å². The number of esters is 1. The number of hydrogen-bond acceptors (Lipinski definition) is 3. The number of benzene rings is 1. The molecule has 3 heteroatoms. The Morgan fingerprint density at radius 3 is 2.63 bits per heavy atom. The topological polar surface area (TPSA) is 35.5 Å². The summed E-state index contributed by atoms with van der Waals surface area (Å²) in [6.45, 7) is 8.08. The Morgan fingerprint density at radius 2 is 1.89 bits per heavy atom. The predicted molar refractivity (Wildman–Crippen MR) is 76.2 cm³/mol. The summed E-state index contributed by atoms with van der Waals surface area (Å²) in [7, 11) is 0. The summed E-state index contributed by atoms with van der Waals surface area (Å²) in [5.41, 5.74) is 1.13. The molecule has 0 atom stereocenters. The first-order valence-electron chi connectivity index (χ1n) is 6.38. The summed E-state index contributed by atoms with van der Waals surface area (Å²) in [6, 6.07) is 7.92. The molecule has 0 heterocycles. The highest BCUT2D eigenvalue weighted by atomic mass is 16.5. The average Bonchev–Trinajstić information content (AvgIpc) is 2.44. The van der Waals surface area contributed by atoms with E-state index in [-0.39, 0.29) is 5.97 Å². The summed E-state index contributed by atoms with van der Waals surface area (Å²) >= 11 is 0. The van der Waals surface area contributed by atoms with Crippen molar-refractivity contribution in [1.29, 1.82) is 0 Å². The fourth-order valence-electron chi connectivity index (χ4n) is 1.59. The van der Waals surface area contributed by atoms with Crippen LogP contribution in [0.3, 0.4) is 0 Å². The lowest BCUT2D eigenvalue weighted by molar-refractivity contribution is -0.137. The molecule has 0 saturated heterocycles. The van der Waals surface area contributed by atoms with Crippen molar-refractivity contribution in [3.63, 3.8) is 0 Å². The van der Waals surface area contributed by atoms with Gasteiger partial charge in [0.2, 0.25) is 0 Å². The van der Waals surface area contributed by atoms with Gasteiger partial charge in [-0.2, -0.15) is 0 Å². The molecule has 0 bridgehead atoms. The summed E-state index contributed by atoms with van der Waals surface area (Å²) in [6.07, 6.45) is 5.45. The van der Waals surface area contributed by atoms with Crippen LogP contribution in [0.5, 0.6) is 5.75 Å². The first-order chi connectivity index (χ1) is 9.27. The summed E-state index contributed by atoms with van der Waals surface area (Å²) in [4.78, 5) is 10.8. The van der Waals surface area contributed by atoms with Crippen molar-refractivity contribution in [2.45, 2.75) is 19.3 Å². The van der Waals surface area contributed by atoms with E-state index in [2.05, 4.69) is 13.2 Å². The molecule has 19 heavy (non-hydrogen) atoms. The molecule has 3 nitrogen and oxygen atoms in total. The molecule has 0 unspecified atom stereocenters. The van der Waals surface area contributed by atoms with Crippen molar-refractivity contribution >= 4 is 5.97 Å². The third-order valence-corrected chi connectivity index (χ3v) is 2.54. The first kappa shape index (κ1) is 15.0. The van der Waals surface area contributed by atoms with E-state index in [1.165, 1.54) is 6.08 Å². The fourth-order valence-corrected chi connectivity index (χ4v) is 1.59. The van der Waals surface area contributed by atoms with Gasteiger partial charge in [0.05, 0.1) is 13.2 Å². The summed E-state index contributed by atoms with van der Waals surface area (Å²) in [5, 5.41) is 0. The Hall–Kier alpha value is -2.03. The zero-order valence-corrected chi connectivity index (χ0v) is 11.1. The number of carbonyl (C=O) groups excluding carboxylic acids is 1. The van der Waals surface area contributed by atoms with Crippen LogP contribution < -0.4 is 4.74 Å².